The summed E-state index contributed by atoms with van der Waals surface area (Å²) in [6.07, 6.45) is 0.311. The van der Waals surface area contributed by atoms with Crippen LogP contribution in [0.5, 0.6) is 0 Å². The van der Waals surface area contributed by atoms with E-state index in [9.17, 15) is 23.7 Å². The summed E-state index contributed by atoms with van der Waals surface area (Å²) in [5.74, 6) is -5.98. The van der Waals surface area contributed by atoms with Crippen LogP contribution in [-0.4, -0.2) is 36.5 Å². The Labute approximate surface area is 132 Å². The highest BCUT2D eigenvalue weighted by Crippen LogP contribution is 2.35. The molecule has 126 valence electrons. The lowest BCUT2D eigenvalue weighted by Gasteiger charge is -2.36. The molecule has 0 aliphatic carbocycles. The van der Waals surface area contributed by atoms with Crippen LogP contribution in [0.15, 0.2) is 24.3 Å². The van der Waals surface area contributed by atoms with Crippen molar-refractivity contribution in [3.63, 3.8) is 0 Å². The molecule has 0 atom stereocenters. The number of nitro benzene ring substituents is 1. The van der Waals surface area contributed by atoms with E-state index >= 15 is 0 Å². The van der Waals surface area contributed by atoms with Gasteiger partial charge in [0.15, 0.2) is 0 Å². The minimum absolute atomic E-state index is 0.0162. The maximum atomic E-state index is 14.0. The number of carbonyl (C=O) groups excluding carboxylic acids is 1. The molecule has 0 amide bonds. The number of non-ortho nitro benzene ring substituents is 1. The summed E-state index contributed by atoms with van der Waals surface area (Å²) in [4.78, 5) is 23.4. The molecule has 1 saturated heterocycles. The molecule has 1 aliphatic rings. The Morgan fingerprint density at radius 3 is 2.39 bits per heavy atom. The molecule has 0 aromatic heterocycles. The van der Waals surface area contributed by atoms with Gasteiger partial charge in [0.2, 0.25) is 0 Å². The van der Waals surface area contributed by atoms with Crippen molar-refractivity contribution in [1.29, 1.82) is 0 Å². The number of nitrogens with zero attached hydrogens (tertiary/aromatic N) is 2. The SMILES string of the molecule is CCOC(=O)C(F)(F)C1CCN(c2ccc([N+](=O)[O-])cc2)CC1. The van der Waals surface area contributed by atoms with Crippen molar-refractivity contribution < 1.29 is 23.2 Å². The van der Waals surface area contributed by atoms with Crippen molar-refractivity contribution in [1.82, 2.24) is 0 Å². The fourth-order valence-electron chi connectivity index (χ4n) is 2.68. The van der Waals surface area contributed by atoms with Gasteiger partial charge in [-0.1, -0.05) is 0 Å². The van der Waals surface area contributed by atoms with Crippen LogP contribution in [0, 0.1) is 16.0 Å². The van der Waals surface area contributed by atoms with E-state index < -0.39 is 22.7 Å². The van der Waals surface area contributed by atoms with Gasteiger partial charge in [-0.3, -0.25) is 10.1 Å². The average Bonchev–Trinajstić information content (AvgIpc) is 2.55. The third kappa shape index (κ3) is 3.75. The molecule has 23 heavy (non-hydrogen) atoms. The molecule has 0 saturated carbocycles. The van der Waals surface area contributed by atoms with Gasteiger partial charge in [0.25, 0.3) is 5.69 Å². The number of hydrogen-bond donors (Lipinski definition) is 0. The zero-order valence-electron chi connectivity index (χ0n) is 12.7. The second-order valence-corrected chi connectivity index (χ2v) is 5.38. The van der Waals surface area contributed by atoms with Crippen molar-refractivity contribution >= 4 is 17.3 Å². The lowest BCUT2D eigenvalue weighted by atomic mass is 9.90. The molecule has 1 fully saturated rings. The standard InChI is InChI=1S/C15H18F2N2O4/c1-2-23-14(20)15(16,17)11-7-9-18(10-8-11)12-3-5-13(6-4-12)19(21)22/h3-6,11H,2,7-10H2,1H3. The summed E-state index contributed by atoms with van der Waals surface area (Å²) in [7, 11) is 0. The minimum Gasteiger partial charge on any atom is -0.462 e. The summed E-state index contributed by atoms with van der Waals surface area (Å²) in [5, 5.41) is 10.6. The average molecular weight is 328 g/mol. The molecule has 0 spiro atoms. The largest absolute Gasteiger partial charge is 0.462 e. The van der Waals surface area contributed by atoms with Gasteiger partial charge in [0, 0.05) is 36.8 Å². The van der Waals surface area contributed by atoms with Crippen LogP contribution in [0.1, 0.15) is 19.8 Å². The van der Waals surface area contributed by atoms with Gasteiger partial charge in [0.1, 0.15) is 0 Å². The smallest absolute Gasteiger partial charge is 0.377 e. The van der Waals surface area contributed by atoms with E-state index in [4.69, 9.17) is 0 Å². The fraction of sp³-hybridized carbons (Fsp3) is 0.533. The van der Waals surface area contributed by atoms with Crippen molar-refractivity contribution in [3.05, 3.63) is 34.4 Å². The van der Waals surface area contributed by atoms with Gasteiger partial charge in [-0.05, 0) is 31.9 Å². The van der Waals surface area contributed by atoms with Gasteiger partial charge in [0.05, 0.1) is 11.5 Å². The summed E-state index contributed by atoms with van der Waals surface area (Å²) in [6, 6.07) is 5.97. The Hall–Kier alpha value is -2.25. The van der Waals surface area contributed by atoms with Gasteiger partial charge in [-0.25, -0.2) is 4.79 Å². The van der Waals surface area contributed by atoms with Crippen LogP contribution in [0.25, 0.3) is 0 Å². The van der Waals surface area contributed by atoms with Gasteiger partial charge in [-0.15, -0.1) is 0 Å². The Kier molecular flexibility index (Phi) is 5.12. The van der Waals surface area contributed by atoms with Gasteiger partial charge >= 0.3 is 11.9 Å². The molecule has 0 unspecified atom stereocenters. The predicted molar refractivity (Wildman–Crippen MR) is 79.6 cm³/mol. The molecule has 8 heteroatoms. The maximum Gasteiger partial charge on any atom is 0.377 e. The van der Waals surface area contributed by atoms with E-state index in [1.807, 2.05) is 4.90 Å². The third-order valence-electron chi connectivity index (χ3n) is 3.98. The number of nitro groups is 1. The second-order valence-electron chi connectivity index (χ2n) is 5.38. The lowest BCUT2D eigenvalue weighted by Crippen LogP contribution is -2.45. The Bertz CT molecular complexity index is 569. The number of anilines is 1. The highest BCUT2D eigenvalue weighted by atomic mass is 19.3. The summed E-state index contributed by atoms with van der Waals surface area (Å²) in [5.41, 5.74) is 0.728. The van der Waals surface area contributed by atoms with Crippen molar-refractivity contribution in [3.8, 4) is 0 Å². The number of halogens is 2. The van der Waals surface area contributed by atoms with E-state index in [1.54, 1.807) is 12.1 Å². The van der Waals surface area contributed by atoms with Crippen LogP contribution in [0.3, 0.4) is 0 Å². The maximum absolute atomic E-state index is 14.0. The van der Waals surface area contributed by atoms with E-state index in [2.05, 4.69) is 4.74 Å². The van der Waals surface area contributed by atoms with Crippen LogP contribution < -0.4 is 4.90 Å². The van der Waals surface area contributed by atoms with Crippen molar-refractivity contribution in [2.45, 2.75) is 25.7 Å². The first kappa shape index (κ1) is 17.1. The first-order chi connectivity index (χ1) is 10.9. The number of esters is 1. The molecular weight excluding hydrogens is 310 g/mol. The van der Waals surface area contributed by atoms with E-state index in [-0.39, 0.29) is 25.1 Å². The predicted octanol–water partition coefficient (Wildman–Crippen LogP) is 3.01. The Morgan fingerprint density at radius 2 is 1.91 bits per heavy atom. The summed E-state index contributed by atoms with van der Waals surface area (Å²) < 4.78 is 32.4. The topological polar surface area (TPSA) is 72.7 Å². The number of hydrogen-bond acceptors (Lipinski definition) is 5. The zero-order chi connectivity index (χ0) is 17.0. The number of piperidine rings is 1. The van der Waals surface area contributed by atoms with Gasteiger partial charge < -0.3 is 9.64 Å². The molecule has 0 N–H and O–H groups in total. The second kappa shape index (κ2) is 6.89. The van der Waals surface area contributed by atoms with Crippen LogP contribution in [0.4, 0.5) is 20.2 Å². The summed E-state index contributed by atoms with van der Waals surface area (Å²) >= 11 is 0. The Morgan fingerprint density at radius 1 is 1.35 bits per heavy atom. The molecule has 2 rings (SSSR count). The molecule has 6 nitrogen and oxygen atoms in total. The molecule has 1 heterocycles. The molecule has 1 aliphatic heterocycles. The van der Waals surface area contributed by atoms with Crippen molar-refractivity contribution in [2.24, 2.45) is 5.92 Å². The molecule has 1 aromatic rings. The van der Waals surface area contributed by atoms with Gasteiger partial charge in [-0.2, -0.15) is 8.78 Å². The lowest BCUT2D eigenvalue weighted by molar-refractivity contribution is -0.384. The number of alkyl halides is 2. The Balaban J connectivity index is 1.98. The van der Waals surface area contributed by atoms with E-state index in [0.717, 1.165) is 5.69 Å². The summed E-state index contributed by atoms with van der Waals surface area (Å²) in [6.45, 7) is 2.14. The third-order valence-corrected chi connectivity index (χ3v) is 3.98. The first-order valence-electron chi connectivity index (χ1n) is 7.40. The molecule has 1 aromatic carbocycles. The first-order valence-corrected chi connectivity index (χ1v) is 7.40. The number of ether oxygens (including phenoxy) is 1. The highest BCUT2D eigenvalue weighted by Gasteiger charge is 2.49. The van der Waals surface area contributed by atoms with Crippen molar-refractivity contribution in [2.75, 3.05) is 24.6 Å². The van der Waals surface area contributed by atoms with Crippen LogP contribution in [-0.2, 0) is 9.53 Å². The number of rotatable bonds is 5. The molecule has 0 bridgehead atoms. The normalized spacial score (nSPS) is 16.2. The number of carbonyl (C=O) groups is 1. The monoisotopic (exact) mass is 328 g/mol. The number of benzene rings is 1. The zero-order valence-corrected chi connectivity index (χ0v) is 12.7. The van der Waals surface area contributed by atoms with Crippen LogP contribution in [0.2, 0.25) is 0 Å². The minimum atomic E-state index is -3.47. The van der Waals surface area contributed by atoms with Crippen LogP contribution >= 0.6 is 0 Å². The van der Waals surface area contributed by atoms with E-state index in [1.165, 1.54) is 19.1 Å². The highest BCUT2D eigenvalue weighted by molar-refractivity contribution is 5.78. The van der Waals surface area contributed by atoms with E-state index in [0.29, 0.717) is 13.1 Å². The quantitative estimate of drug-likeness (QED) is 0.472. The molecular formula is C15H18F2N2O4. The fourth-order valence-corrected chi connectivity index (χ4v) is 2.68. The molecule has 0 radical (unpaired) electrons.